The van der Waals surface area contributed by atoms with Crippen molar-refractivity contribution in [2.45, 2.75) is 45.6 Å². The van der Waals surface area contributed by atoms with E-state index in [-0.39, 0.29) is 12.0 Å². The van der Waals surface area contributed by atoms with E-state index in [0.717, 1.165) is 36.6 Å². The first-order valence-corrected chi connectivity index (χ1v) is 7.63. The predicted octanol–water partition coefficient (Wildman–Crippen LogP) is 2.80. The van der Waals surface area contributed by atoms with Crippen molar-refractivity contribution in [1.82, 2.24) is 14.8 Å². The minimum atomic E-state index is 0.158. The first-order chi connectivity index (χ1) is 9.99. The molecule has 4 nitrogen and oxygen atoms in total. The summed E-state index contributed by atoms with van der Waals surface area (Å²) in [6, 6.07) is 8.59. The highest BCUT2D eigenvalue weighted by atomic mass is 16.3. The molecule has 0 bridgehead atoms. The van der Waals surface area contributed by atoms with E-state index in [1.807, 2.05) is 0 Å². The molecule has 4 heteroatoms. The monoisotopic (exact) mass is 285 g/mol. The van der Waals surface area contributed by atoms with Crippen molar-refractivity contribution in [3.05, 3.63) is 35.7 Å². The van der Waals surface area contributed by atoms with E-state index < -0.39 is 0 Å². The van der Waals surface area contributed by atoms with Gasteiger partial charge in [0.2, 0.25) is 0 Å². The topological polar surface area (TPSA) is 50.9 Å². The van der Waals surface area contributed by atoms with Gasteiger partial charge in [-0.05, 0) is 17.4 Å². The van der Waals surface area contributed by atoms with E-state index in [0.29, 0.717) is 5.92 Å². The van der Waals surface area contributed by atoms with E-state index in [9.17, 15) is 5.11 Å². The Bertz CT molecular complexity index is 622. The number of fused-ring (bicyclic) bond motifs is 1. The molecule has 1 aliphatic rings. The fraction of sp³-hybridized carbons (Fsp3) is 0.529. The summed E-state index contributed by atoms with van der Waals surface area (Å²) in [5, 5.41) is 18.1. The molecule has 1 aromatic heterocycles. The van der Waals surface area contributed by atoms with Gasteiger partial charge in [-0.3, -0.25) is 0 Å². The van der Waals surface area contributed by atoms with Gasteiger partial charge >= 0.3 is 0 Å². The van der Waals surface area contributed by atoms with Gasteiger partial charge in [0.15, 0.2) is 5.82 Å². The van der Waals surface area contributed by atoms with Gasteiger partial charge in [0.05, 0.1) is 0 Å². The molecule has 2 heterocycles. The SMILES string of the molecule is CC(C)(C)c1ccc(-c2nnc3n2CC(CO)CC3)cc1. The Balaban J connectivity index is 1.93. The third-order valence-corrected chi connectivity index (χ3v) is 4.31. The number of aliphatic hydroxyl groups excluding tert-OH is 1. The Hall–Kier alpha value is -1.68. The fourth-order valence-corrected chi connectivity index (χ4v) is 2.88. The number of benzene rings is 1. The minimum Gasteiger partial charge on any atom is -0.396 e. The first-order valence-electron chi connectivity index (χ1n) is 7.63. The van der Waals surface area contributed by atoms with Gasteiger partial charge in [-0.2, -0.15) is 0 Å². The van der Waals surface area contributed by atoms with Crippen molar-refractivity contribution >= 4 is 0 Å². The molecule has 1 unspecified atom stereocenters. The minimum absolute atomic E-state index is 0.158. The highest BCUT2D eigenvalue weighted by Crippen LogP contribution is 2.28. The smallest absolute Gasteiger partial charge is 0.163 e. The van der Waals surface area contributed by atoms with Crippen molar-refractivity contribution < 1.29 is 5.11 Å². The average Bonchev–Trinajstić information content (AvgIpc) is 2.89. The summed E-state index contributed by atoms with van der Waals surface area (Å²) in [6.45, 7) is 7.70. The van der Waals surface area contributed by atoms with Gasteiger partial charge in [0.1, 0.15) is 5.82 Å². The normalized spacial score (nSPS) is 18.6. The molecule has 0 aliphatic carbocycles. The van der Waals surface area contributed by atoms with Crippen LogP contribution in [0, 0.1) is 5.92 Å². The molecule has 21 heavy (non-hydrogen) atoms. The van der Waals surface area contributed by atoms with E-state index >= 15 is 0 Å². The molecular weight excluding hydrogens is 262 g/mol. The van der Waals surface area contributed by atoms with Crippen LogP contribution in [-0.4, -0.2) is 26.5 Å². The van der Waals surface area contributed by atoms with Crippen molar-refractivity contribution in [1.29, 1.82) is 0 Å². The fourth-order valence-electron chi connectivity index (χ4n) is 2.88. The third kappa shape index (κ3) is 2.72. The van der Waals surface area contributed by atoms with Crippen LogP contribution in [-0.2, 0) is 18.4 Å². The Morgan fingerprint density at radius 1 is 1.19 bits per heavy atom. The second kappa shape index (κ2) is 5.26. The third-order valence-electron chi connectivity index (χ3n) is 4.31. The van der Waals surface area contributed by atoms with Crippen LogP contribution in [0.1, 0.15) is 38.6 Å². The van der Waals surface area contributed by atoms with Crippen LogP contribution in [0.3, 0.4) is 0 Å². The number of rotatable bonds is 2. The largest absolute Gasteiger partial charge is 0.396 e. The van der Waals surface area contributed by atoms with Gasteiger partial charge in [-0.1, -0.05) is 45.0 Å². The zero-order chi connectivity index (χ0) is 15.0. The summed E-state index contributed by atoms with van der Waals surface area (Å²) in [6.07, 6.45) is 1.90. The van der Waals surface area contributed by atoms with Gasteiger partial charge in [0.25, 0.3) is 0 Å². The predicted molar refractivity (Wildman–Crippen MR) is 83.1 cm³/mol. The summed E-state index contributed by atoms with van der Waals surface area (Å²) in [7, 11) is 0. The van der Waals surface area contributed by atoms with Gasteiger partial charge in [-0.25, -0.2) is 0 Å². The average molecular weight is 285 g/mol. The molecule has 0 radical (unpaired) electrons. The number of hydrogen-bond acceptors (Lipinski definition) is 3. The number of nitrogens with zero attached hydrogens (tertiary/aromatic N) is 3. The molecule has 0 saturated heterocycles. The van der Waals surface area contributed by atoms with Crippen molar-refractivity contribution in [2.24, 2.45) is 5.92 Å². The Morgan fingerprint density at radius 3 is 2.52 bits per heavy atom. The lowest BCUT2D eigenvalue weighted by Crippen LogP contribution is -2.23. The summed E-state index contributed by atoms with van der Waals surface area (Å²) < 4.78 is 2.16. The Labute approximate surface area is 125 Å². The van der Waals surface area contributed by atoms with Crippen LogP contribution in [0.2, 0.25) is 0 Å². The summed E-state index contributed by atoms with van der Waals surface area (Å²) in [4.78, 5) is 0. The van der Waals surface area contributed by atoms with Crippen LogP contribution in [0.15, 0.2) is 24.3 Å². The molecule has 0 saturated carbocycles. The number of hydrogen-bond donors (Lipinski definition) is 1. The molecule has 1 aliphatic heterocycles. The summed E-state index contributed by atoms with van der Waals surface area (Å²) >= 11 is 0. The summed E-state index contributed by atoms with van der Waals surface area (Å²) in [5.41, 5.74) is 2.57. The first kappa shape index (κ1) is 14.3. The molecule has 1 N–H and O–H groups in total. The highest BCUT2D eigenvalue weighted by Gasteiger charge is 2.23. The molecule has 1 aromatic carbocycles. The quantitative estimate of drug-likeness (QED) is 0.923. The Kier molecular flexibility index (Phi) is 3.57. The van der Waals surface area contributed by atoms with E-state index in [1.54, 1.807) is 0 Å². The lowest BCUT2D eigenvalue weighted by atomic mass is 9.86. The molecule has 0 spiro atoms. The maximum atomic E-state index is 9.39. The second-order valence-electron chi connectivity index (χ2n) is 6.97. The van der Waals surface area contributed by atoms with Crippen molar-refractivity contribution in [3.63, 3.8) is 0 Å². The standard InChI is InChI=1S/C17H23N3O/c1-17(2,3)14-7-5-13(6-8-14)16-19-18-15-9-4-12(11-21)10-20(15)16/h5-8,12,21H,4,9-11H2,1-3H3. The second-order valence-corrected chi connectivity index (χ2v) is 6.97. The van der Waals surface area contributed by atoms with Crippen molar-refractivity contribution in [2.75, 3.05) is 6.61 Å². The van der Waals surface area contributed by atoms with Crippen LogP contribution in [0.4, 0.5) is 0 Å². The van der Waals surface area contributed by atoms with Crippen molar-refractivity contribution in [3.8, 4) is 11.4 Å². The molecule has 0 amide bonds. The molecule has 1 atom stereocenters. The number of aliphatic hydroxyl groups is 1. The van der Waals surface area contributed by atoms with Gasteiger partial charge in [-0.15, -0.1) is 10.2 Å². The van der Waals surface area contributed by atoms with Crippen LogP contribution in [0.25, 0.3) is 11.4 Å². The van der Waals surface area contributed by atoms with Crippen LogP contribution >= 0.6 is 0 Å². The molecule has 3 rings (SSSR count). The number of aromatic nitrogens is 3. The van der Waals surface area contributed by atoms with E-state index in [4.69, 9.17) is 0 Å². The van der Waals surface area contributed by atoms with Crippen LogP contribution < -0.4 is 0 Å². The Morgan fingerprint density at radius 2 is 1.90 bits per heavy atom. The zero-order valence-electron chi connectivity index (χ0n) is 13.0. The maximum absolute atomic E-state index is 9.39. The van der Waals surface area contributed by atoms with Gasteiger partial charge in [0, 0.05) is 31.1 Å². The van der Waals surface area contributed by atoms with Gasteiger partial charge < -0.3 is 9.67 Å². The molecule has 2 aromatic rings. The molecule has 112 valence electrons. The van der Waals surface area contributed by atoms with Crippen LogP contribution in [0.5, 0.6) is 0 Å². The van der Waals surface area contributed by atoms with E-state index in [1.165, 1.54) is 5.56 Å². The molecule has 0 fully saturated rings. The maximum Gasteiger partial charge on any atom is 0.163 e. The lowest BCUT2D eigenvalue weighted by molar-refractivity contribution is 0.191. The lowest BCUT2D eigenvalue weighted by Gasteiger charge is -2.23. The zero-order valence-corrected chi connectivity index (χ0v) is 13.0. The van der Waals surface area contributed by atoms with E-state index in [2.05, 4.69) is 59.8 Å². The summed E-state index contributed by atoms with van der Waals surface area (Å²) in [5.74, 6) is 2.28. The number of aryl methyl sites for hydroxylation is 1. The molecular formula is C17H23N3O. The highest BCUT2D eigenvalue weighted by molar-refractivity contribution is 5.56.